The van der Waals surface area contributed by atoms with Crippen LogP contribution in [0.1, 0.15) is 78.6 Å². The lowest BCUT2D eigenvalue weighted by Gasteiger charge is -2.65. The summed E-state index contributed by atoms with van der Waals surface area (Å²) in [5.74, 6) is 0.655. The Balaban J connectivity index is 1.22. The Morgan fingerprint density at radius 3 is 2.50 bits per heavy atom. The molecule has 0 spiro atoms. The number of rotatable bonds is 5. The van der Waals surface area contributed by atoms with Crippen molar-refractivity contribution in [3.63, 3.8) is 0 Å². The second-order valence-corrected chi connectivity index (χ2v) is 14.1. The van der Waals surface area contributed by atoms with E-state index in [1.54, 1.807) is 7.11 Å². The number of aliphatic hydroxyl groups is 3. The van der Waals surface area contributed by atoms with Gasteiger partial charge >= 0.3 is 0 Å². The van der Waals surface area contributed by atoms with Gasteiger partial charge in [-0.05, 0) is 87.7 Å². The van der Waals surface area contributed by atoms with Gasteiger partial charge in [-0.3, -0.25) is 0 Å². The molecule has 0 amide bonds. The minimum atomic E-state index is -1.19. The molecule has 224 valence electrons. The maximum atomic E-state index is 13.1. The first-order valence-corrected chi connectivity index (χ1v) is 15.4. The summed E-state index contributed by atoms with van der Waals surface area (Å²) in [6.07, 6.45) is 6.62. The molecule has 8 heteroatoms. The average molecular weight is 561 g/mol. The van der Waals surface area contributed by atoms with Crippen molar-refractivity contribution in [2.75, 3.05) is 13.7 Å². The molecule has 0 radical (unpaired) electrons. The van der Waals surface area contributed by atoms with Crippen molar-refractivity contribution in [2.45, 2.75) is 120 Å². The maximum Gasteiger partial charge on any atom is 0.163 e. The van der Waals surface area contributed by atoms with E-state index in [-0.39, 0.29) is 35.2 Å². The fourth-order valence-corrected chi connectivity index (χ4v) is 10.4. The van der Waals surface area contributed by atoms with Crippen LogP contribution in [0, 0.1) is 34.5 Å². The number of hydrogen-bond donors (Lipinski definition) is 3. The van der Waals surface area contributed by atoms with Gasteiger partial charge in [-0.2, -0.15) is 0 Å². The Bertz CT molecular complexity index is 1060. The molecule has 0 aromatic heterocycles. The Morgan fingerprint density at radius 2 is 1.82 bits per heavy atom. The lowest BCUT2D eigenvalue weighted by atomic mass is 9.41. The second-order valence-electron chi connectivity index (χ2n) is 14.1. The molecule has 0 aromatic rings. The van der Waals surface area contributed by atoms with E-state index in [1.165, 1.54) is 5.57 Å². The molecule has 1 saturated heterocycles. The zero-order chi connectivity index (χ0) is 28.7. The van der Waals surface area contributed by atoms with Gasteiger partial charge in [0.15, 0.2) is 6.29 Å². The molecule has 0 bridgehead atoms. The standard InChI is InChI=1S/C32H48O8/c1-18-14-21(16-38-18)23-9-13-32(36)25-8-12-31(35)15-22(40-28-19(2)27(37-5)26(34)20(3)39-28)6-11-30(31,17-33)24(25)7-10-29(23,32)4/h14,17,19-20,22-28,34-36H,1,6-13,15-16H2,2-5H3/t19?,20?,22-,23+,24?,25?,26+,27?,28+,29+,30-,31-,32-/m0/s1. The summed E-state index contributed by atoms with van der Waals surface area (Å²) >= 11 is 0. The third-order valence-corrected chi connectivity index (χ3v) is 12.6. The Morgan fingerprint density at radius 1 is 1.07 bits per heavy atom. The summed E-state index contributed by atoms with van der Waals surface area (Å²) in [5.41, 5.74) is -2.03. The lowest BCUT2D eigenvalue weighted by molar-refractivity contribution is -0.305. The molecular formula is C32H48O8. The van der Waals surface area contributed by atoms with Crippen LogP contribution >= 0.6 is 0 Å². The number of carbonyl (C=O) groups is 1. The van der Waals surface area contributed by atoms with Crippen molar-refractivity contribution in [3.8, 4) is 0 Å². The highest BCUT2D eigenvalue weighted by molar-refractivity contribution is 5.64. The monoisotopic (exact) mass is 560 g/mol. The van der Waals surface area contributed by atoms with E-state index >= 15 is 0 Å². The van der Waals surface area contributed by atoms with Gasteiger partial charge in [0.25, 0.3) is 0 Å². The zero-order valence-electron chi connectivity index (χ0n) is 24.5. The van der Waals surface area contributed by atoms with Gasteiger partial charge in [0, 0.05) is 24.9 Å². The molecule has 8 nitrogen and oxygen atoms in total. The molecule has 13 atom stereocenters. The molecule has 40 heavy (non-hydrogen) atoms. The molecule has 6 rings (SSSR count). The molecule has 5 unspecified atom stereocenters. The summed E-state index contributed by atoms with van der Waals surface area (Å²) in [7, 11) is 1.59. The summed E-state index contributed by atoms with van der Waals surface area (Å²) in [6, 6.07) is 0. The predicted octanol–water partition coefficient (Wildman–Crippen LogP) is 3.67. The third-order valence-electron chi connectivity index (χ3n) is 12.6. The van der Waals surface area contributed by atoms with Crippen molar-refractivity contribution < 1.29 is 39.1 Å². The van der Waals surface area contributed by atoms with E-state index in [9.17, 15) is 20.1 Å². The molecule has 2 heterocycles. The molecule has 2 aliphatic heterocycles. The molecule has 3 N–H and O–H groups in total. The SMILES string of the molecule is C=C1C=C([C@H]2CC[C@]3(O)C4CC[C@]5(O)C[C@@H](O[C@H]6OC(C)[C@@H](O)C(OC)C6C)CC[C@]5(C=O)C4CC[C@]23C)CO1. The number of aldehydes is 1. The highest BCUT2D eigenvalue weighted by atomic mass is 16.7. The van der Waals surface area contributed by atoms with E-state index in [4.69, 9.17) is 18.9 Å². The number of ether oxygens (including phenoxy) is 4. The number of allylic oxidation sites excluding steroid dienone is 1. The Kier molecular flexibility index (Phi) is 7.12. The van der Waals surface area contributed by atoms with Crippen LogP contribution in [-0.4, -0.2) is 77.2 Å². The van der Waals surface area contributed by atoms with Gasteiger partial charge in [0.2, 0.25) is 0 Å². The third kappa shape index (κ3) is 3.89. The lowest BCUT2D eigenvalue weighted by Crippen LogP contribution is -2.69. The number of hydrogen-bond acceptors (Lipinski definition) is 8. The second kappa shape index (κ2) is 9.88. The van der Waals surface area contributed by atoms with Crippen molar-refractivity contribution in [2.24, 2.45) is 34.5 Å². The Hall–Kier alpha value is -1.29. The van der Waals surface area contributed by atoms with Crippen LogP contribution in [0.15, 0.2) is 24.0 Å². The van der Waals surface area contributed by atoms with E-state index < -0.39 is 41.2 Å². The average Bonchev–Trinajstić information content (AvgIpc) is 3.46. The Labute approximate surface area is 238 Å². The van der Waals surface area contributed by atoms with Gasteiger partial charge in [-0.1, -0.05) is 20.4 Å². The van der Waals surface area contributed by atoms with Gasteiger partial charge in [0.1, 0.15) is 24.8 Å². The fraction of sp³-hybridized carbons (Fsp3) is 0.844. The largest absolute Gasteiger partial charge is 0.490 e. The van der Waals surface area contributed by atoms with Gasteiger partial charge < -0.3 is 39.1 Å². The molecule has 4 aliphatic carbocycles. The smallest absolute Gasteiger partial charge is 0.163 e. The predicted molar refractivity (Wildman–Crippen MR) is 147 cm³/mol. The summed E-state index contributed by atoms with van der Waals surface area (Å²) in [5, 5.41) is 35.2. The summed E-state index contributed by atoms with van der Waals surface area (Å²) in [6.45, 7) is 10.5. The van der Waals surface area contributed by atoms with E-state index in [0.29, 0.717) is 50.9 Å². The van der Waals surface area contributed by atoms with Gasteiger partial charge in [-0.15, -0.1) is 0 Å². The minimum absolute atomic E-state index is 0.0307. The van der Waals surface area contributed by atoms with Crippen LogP contribution in [0.25, 0.3) is 0 Å². The fourth-order valence-electron chi connectivity index (χ4n) is 10.4. The summed E-state index contributed by atoms with van der Waals surface area (Å²) in [4.78, 5) is 13.1. The van der Waals surface area contributed by atoms with Crippen molar-refractivity contribution in [1.29, 1.82) is 0 Å². The van der Waals surface area contributed by atoms with Gasteiger partial charge in [-0.25, -0.2) is 0 Å². The van der Waals surface area contributed by atoms with Crippen LogP contribution in [-0.2, 0) is 23.7 Å². The molecular weight excluding hydrogens is 512 g/mol. The normalized spacial score (nSPS) is 54.1. The van der Waals surface area contributed by atoms with Crippen LogP contribution in [0.5, 0.6) is 0 Å². The van der Waals surface area contributed by atoms with Crippen molar-refractivity contribution in [1.82, 2.24) is 0 Å². The molecule has 0 aromatic carbocycles. The van der Waals surface area contributed by atoms with Crippen LogP contribution in [0.2, 0.25) is 0 Å². The highest BCUT2D eigenvalue weighted by Gasteiger charge is 2.71. The van der Waals surface area contributed by atoms with E-state index in [2.05, 4.69) is 19.6 Å². The first-order chi connectivity index (χ1) is 18.9. The quantitative estimate of drug-likeness (QED) is 0.345. The number of fused-ring (bicyclic) bond motifs is 5. The molecule has 5 fully saturated rings. The van der Waals surface area contributed by atoms with Gasteiger partial charge in [0.05, 0.1) is 34.9 Å². The first kappa shape index (κ1) is 28.8. The van der Waals surface area contributed by atoms with E-state index in [0.717, 1.165) is 25.5 Å². The van der Waals surface area contributed by atoms with Crippen molar-refractivity contribution in [3.05, 3.63) is 24.0 Å². The van der Waals surface area contributed by atoms with E-state index in [1.807, 2.05) is 13.8 Å². The number of methoxy groups -OCH3 is 1. The topological polar surface area (TPSA) is 115 Å². The summed E-state index contributed by atoms with van der Waals surface area (Å²) < 4.78 is 23.7. The van der Waals surface area contributed by atoms with Crippen LogP contribution < -0.4 is 0 Å². The van der Waals surface area contributed by atoms with Crippen LogP contribution in [0.4, 0.5) is 0 Å². The van der Waals surface area contributed by atoms with Crippen molar-refractivity contribution >= 4 is 6.29 Å². The maximum absolute atomic E-state index is 13.1. The highest BCUT2D eigenvalue weighted by Crippen LogP contribution is 2.70. The zero-order valence-corrected chi connectivity index (χ0v) is 24.5. The first-order valence-electron chi connectivity index (χ1n) is 15.4. The number of aliphatic hydroxyl groups excluding tert-OH is 1. The number of carbonyl (C=O) groups excluding carboxylic acids is 1. The molecule has 4 saturated carbocycles. The molecule has 6 aliphatic rings. The van der Waals surface area contributed by atoms with Crippen LogP contribution in [0.3, 0.4) is 0 Å². The minimum Gasteiger partial charge on any atom is -0.490 e.